The molecule has 0 spiro atoms. The van der Waals surface area contributed by atoms with Crippen LogP contribution in [0.15, 0.2) is 42.5 Å². The van der Waals surface area contributed by atoms with Crippen LogP contribution in [0.3, 0.4) is 0 Å². The predicted molar refractivity (Wildman–Crippen MR) is 76.3 cm³/mol. The van der Waals surface area contributed by atoms with E-state index in [1.165, 1.54) is 12.1 Å². The van der Waals surface area contributed by atoms with Crippen LogP contribution in [0, 0.1) is 5.82 Å². The van der Waals surface area contributed by atoms with Gasteiger partial charge in [0, 0.05) is 6.07 Å². The van der Waals surface area contributed by atoms with Gasteiger partial charge in [-0.15, -0.1) is 0 Å². The monoisotopic (exact) mass is 289 g/mol. The average molecular weight is 289 g/mol. The maximum Gasteiger partial charge on any atom is 0.231 e. The van der Waals surface area contributed by atoms with Gasteiger partial charge in [-0.2, -0.15) is 0 Å². The largest absolute Gasteiger partial charge is 0.492 e. The van der Waals surface area contributed by atoms with E-state index >= 15 is 0 Å². The van der Waals surface area contributed by atoms with E-state index in [0.29, 0.717) is 12.4 Å². The zero-order valence-electron chi connectivity index (χ0n) is 11.6. The Morgan fingerprint density at radius 2 is 2.05 bits per heavy atom. The van der Waals surface area contributed by atoms with Gasteiger partial charge in [0.05, 0.1) is 6.04 Å². The van der Waals surface area contributed by atoms with Gasteiger partial charge in [-0.25, -0.2) is 4.39 Å². The number of halogens is 1. The van der Waals surface area contributed by atoms with Gasteiger partial charge in [-0.05, 0) is 36.9 Å². The number of benzene rings is 2. The summed E-state index contributed by atoms with van der Waals surface area (Å²) < 4.78 is 29.4. The number of hydrogen-bond donors (Lipinski definition) is 1. The van der Waals surface area contributed by atoms with Crippen molar-refractivity contribution in [3.8, 4) is 17.2 Å². The van der Waals surface area contributed by atoms with E-state index in [1.807, 2.05) is 25.2 Å². The second-order valence-electron chi connectivity index (χ2n) is 4.72. The maximum absolute atomic E-state index is 13.1. The molecule has 1 aliphatic heterocycles. The number of fused-ring (bicyclic) bond motifs is 1. The number of rotatable bonds is 5. The topological polar surface area (TPSA) is 39.7 Å². The van der Waals surface area contributed by atoms with Crippen molar-refractivity contribution in [3.05, 3.63) is 53.8 Å². The number of ether oxygens (including phenoxy) is 3. The minimum Gasteiger partial charge on any atom is -0.492 e. The highest BCUT2D eigenvalue weighted by atomic mass is 19.1. The summed E-state index contributed by atoms with van der Waals surface area (Å²) >= 11 is 0. The maximum atomic E-state index is 13.1. The molecule has 1 heterocycles. The second-order valence-corrected chi connectivity index (χ2v) is 4.72. The first-order chi connectivity index (χ1) is 10.3. The average Bonchev–Trinajstić information content (AvgIpc) is 2.95. The molecule has 1 aliphatic rings. The van der Waals surface area contributed by atoms with Crippen molar-refractivity contribution in [2.75, 3.05) is 20.4 Å². The van der Waals surface area contributed by atoms with Gasteiger partial charge in [-0.3, -0.25) is 0 Å². The second kappa shape index (κ2) is 6.01. The van der Waals surface area contributed by atoms with Gasteiger partial charge in [0.1, 0.15) is 18.2 Å². The Labute approximate surface area is 122 Å². The van der Waals surface area contributed by atoms with Crippen LogP contribution in [0.25, 0.3) is 0 Å². The summed E-state index contributed by atoms with van der Waals surface area (Å²) in [5.41, 5.74) is 1.03. The van der Waals surface area contributed by atoms with E-state index in [1.54, 1.807) is 12.1 Å². The molecule has 0 saturated carbocycles. The predicted octanol–water partition coefficient (Wildman–Crippen LogP) is 2.89. The summed E-state index contributed by atoms with van der Waals surface area (Å²) in [5, 5.41) is 3.18. The lowest BCUT2D eigenvalue weighted by molar-refractivity contribution is 0.174. The van der Waals surface area contributed by atoms with Gasteiger partial charge in [0.15, 0.2) is 11.5 Å². The molecule has 0 aliphatic carbocycles. The Hall–Kier alpha value is -2.27. The molecule has 3 rings (SSSR count). The lowest BCUT2D eigenvalue weighted by atomic mass is 10.1. The highest BCUT2D eigenvalue weighted by Crippen LogP contribution is 2.34. The lowest BCUT2D eigenvalue weighted by Crippen LogP contribution is -2.23. The lowest BCUT2D eigenvalue weighted by Gasteiger charge is -2.18. The van der Waals surface area contributed by atoms with Crippen molar-refractivity contribution in [2.24, 2.45) is 0 Å². The summed E-state index contributed by atoms with van der Waals surface area (Å²) in [4.78, 5) is 0. The summed E-state index contributed by atoms with van der Waals surface area (Å²) in [6.45, 7) is 0.641. The highest BCUT2D eigenvalue weighted by molar-refractivity contribution is 5.45. The molecule has 0 fully saturated rings. The third-order valence-corrected chi connectivity index (χ3v) is 3.36. The fourth-order valence-corrected chi connectivity index (χ4v) is 2.21. The van der Waals surface area contributed by atoms with Crippen LogP contribution in [0.4, 0.5) is 4.39 Å². The van der Waals surface area contributed by atoms with E-state index < -0.39 is 0 Å². The summed E-state index contributed by atoms with van der Waals surface area (Å²) in [5.74, 6) is 1.69. The molecule has 110 valence electrons. The van der Waals surface area contributed by atoms with Crippen molar-refractivity contribution in [2.45, 2.75) is 6.04 Å². The molecule has 0 saturated heterocycles. The fraction of sp³-hybridized carbons (Fsp3) is 0.250. The molecule has 4 nitrogen and oxygen atoms in total. The molecule has 2 aromatic rings. The van der Waals surface area contributed by atoms with Gasteiger partial charge in [0.2, 0.25) is 6.79 Å². The zero-order valence-corrected chi connectivity index (χ0v) is 11.6. The van der Waals surface area contributed by atoms with Crippen molar-refractivity contribution in [1.82, 2.24) is 5.32 Å². The van der Waals surface area contributed by atoms with Crippen LogP contribution in [-0.4, -0.2) is 20.4 Å². The molecule has 0 aromatic heterocycles. The molecule has 0 amide bonds. The Morgan fingerprint density at radius 1 is 1.19 bits per heavy atom. The molecular formula is C16H16FNO3. The third kappa shape index (κ3) is 3.08. The molecule has 1 N–H and O–H groups in total. The third-order valence-electron chi connectivity index (χ3n) is 3.36. The van der Waals surface area contributed by atoms with Crippen molar-refractivity contribution < 1.29 is 18.6 Å². The Kier molecular flexibility index (Phi) is 3.92. The minimum absolute atomic E-state index is 0.0252. The molecule has 1 unspecified atom stereocenters. The van der Waals surface area contributed by atoms with Crippen molar-refractivity contribution in [3.63, 3.8) is 0 Å². The first-order valence-corrected chi connectivity index (χ1v) is 6.71. The van der Waals surface area contributed by atoms with E-state index in [2.05, 4.69) is 5.32 Å². The summed E-state index contributed by atoms with van der Waals surface area (Å²) in [7, 11) is 1.85. The van der Waals surface area contributed by atoms with E-state index in [9.17, 15) is 4.39 Å². The van der Waals surface area contributed by atoms with Gasteiger partial charge in [-0.1, -0.05) is 12.1 Å². The summed E-state index contributed by atoms with van der Waals surface area (Å²) in [6, 6.07) is 11.9. The molecule has 5 heteroatoms. The zero-order chi connectivity index (χ0) is 14.7. The SMILES string of the molecule is CNC(COc1cccc(F)c1)c1ccc2c(c1)OCO2. The van der Waals surface area contributed by atoms with Crippen LogP contribution in [0.1, 0.15) is 11.6 Å². The van der Waals surface area contributed by atoms with E-state index in [4.69, 9.17) is 14.2 Å². The molecule has 21 heavy (non-hydrogen) atoms. The normalized spacial score (nSPS) is 14.0. The number of likely N-dealkylation sites (N-methyl/N-ethyl adjacent to an activating group) is 1. The standard InChI is InChI=1S/C16H16FNO3/c1-18-14(9-19-13-4-2-3-12(17)8-13)11-5-6-15-16(7-11)21-10-20-15/h2-8,14,18H,9-10H2,1H3. The quantitative estimate of drug-likeness (QED) is 0.918. The van der Waals surface area contributed by atoms with Crippen LogP contribution in [-0.2, 0) is 0 Å². The molecule has 1 atom stereocenters. The fourth-order valence-electron chi connectivity index (χ4n) is 2.21. The number of nitrogens with one attached hydrogen (secondary N) is 1. The van der Waals surface area contributed by atoms with Gasteiger partial charge >= 0.3 is 0 Å². The number of hydrogen-bond acceptors (Lipinski definition) is 4. The van der Waals surface area contributed by atoms with E-state index in [-0.39, 0.29) is 18.7 Å². The Bertz CT molecular complexity index is 633. The van der Waals surface area contributed by atoms with E-state index in [0.717, 1.165) is 17.1 Å². The van der Waals surface area contributed by atoms with Crippen molar-refractivity contribution >= 4 is 0 Å². The van der Waals surface area contributed by atoms with Crippen LogP contribution < -0.4 is 19.5 Å². The molecule has 2 aromatic carbocycles. The molecular weight excluding hydrogens is 273 g/mol. The van der Waals surface area contributed by atoms with Gasteiger partial charge < -0.3 is 19.5 Å². The summed E-state index contributed by atoms with van der Waals surface area (Å²) in [6.07, 6.45) is 0. The Morgan fingerprint density at radius 3 is 2.86 bits per heavy atom. The minimum atomic E-state index is -0.309. The Balaban J connectivity index is 1.70. The highest BCUT2D eigenvalue weighted by Gasteiger charge is 2.17. The van der Waals surface area contributed by atoms with Crippen LogP contribution in [0.5, 0.6) is 17.2 Å². The van der Waals surface area contributed by atoms with Crippen LogP contribution in [0.2, 0.25) is 0 Å². The van der Waals surface area contributed by atoms with Crippen LogP contribution >= 0.6 is 0 Å². The molecule has 0 radical (unpaired) electrons. The first kappa shape index (κ1) is 13.7. The van der Waals surface area contributed by atoms with Gasteiger partial charge in [0.25, 0.3) is 0 Å². The molecule has 0 bridgehead atoms. The smallest absolute Gasteiger partial charge is 0.231 e. The van der Waals surface area contributed by atoms with Crippen molar-refractivity contribution in [1.29, 1.82) is 0 Å². The first-order valence-electron chi connectivity index (χ1n) is 6.71.